The van der Waals surface area contributed by atoms with Gasteiger partial charge in [-0.15, -0.1) is 0 Å². The molecule has 1 atom stereocenters. The first-order chi connectivity index (χ1) is 14.5. The summed E-state index contributed by atoms with van der Waals surface area (Å²) in [7, 11) is 1.50. The van der Waals surface area contributed by atoms with Gasteiger partial charge in [-0.3, -0.25) is 9.59 Å². The van der Waals surface area contributed by atoms with Crippen LogP contribution in [0.3, 0.4) is 0 Å². The first-order valence-electron chi connectivity index (χ1n) is 9.48. The molecule has 0 saturated carbocycles. The van der Waals surface area contributed by atoms with Gasteiger partial charge in [0.15, 0.2) is 0 Å². The van der Waals surface area contributed by atoms with Crippen LogP contribution in [0, 0.1) is 5.82 Å². The molecule has 1 aliphatic rings. The predicted octanol–water partition coefficient (Wildman–Crippen LogP) is 1.84. The molecule has 0 bridgehead atoms. The van der Waals surface area contributed by atoms with Crippen LogP contribution >= 0.6 is 0 Å². The Balaban J connectivity index is 2.07. The van der Waals surface area contributed by atoms with Gasteiger partial charge in [-0.1, -0.05) is 18.2 Å². The van der Waals surface area contributed by atoms with E-state index in [1.54, 1.807) is 30.3 Å². The maximum atomic E-state index is 14.6. The number of aliphatic hydroxyl groups is 2. The number of halogens is 1. The predicted molar refractivity (Wildman–Crippen MR) is 108 cm³/mol. The Morgan fingerprint density at radius 1 is 1.13 bits per heavy atom. The van der Waals surface area contributed by atoms with Crippen molar-refractivity contribution in [3.8, 4) is 5.75 Å². The average molecular weight is 414 g/mol. The number of ketones is 1. The van der Waals surface area contributed by atoms with Gasteiger partial charge < -0.3 is 25.2 Å². The zero-order chi connectivity index (χ0) is 21.7. The van der Waals surface area contributed by atoms with Crippen molar-refractivity contribution in [1.82, 2.24) is 10.2 Å². The molecule has 0 radical (unpaired) electrons. The summed E-state index contributed by atoms with van der Waals surface area (Å²) in [6, 6.07) is 11.1. The van der Waals surface area contributed by atoms with Crippen molar-refractivity contribution in [3.63, 3.8) is 0 Å². The van der Waals surface area contributed by atoms with E-state index >= 15 is 0 Å². The van der Waals surface area contributed by atoms with E-state index in [2.05, 4.69) is 5.32 Å². The lowest BCUT2D eigenvalue weighted by Crippen LogP contribution is -2.36. The number of nitrogens with zero attached hydrogens (tertiary/aromatic N) is 1. The van der Waals surface area contributed by atoms with Gasteiger partial charge in [-0.05, 0) is 30.3 Å². The van der Waals surface area contributed by atoms with Crippen molar-refractivity contribution in [3.05, 3.63) is 71.0 Å². The largest absolute Gasteiger partial charge is 0.507 e. The van der Waals surface area contributed by atoms with Crippen molar-refractivity contribution >= 4 is 17.4 Å². The number of nitrogens with one attached hydrogen (secondary N) is 1. The summed E-state index contributed by atoms with van der Waals surface area (Å²) in [5, 5.41) is 22.7. The number of carbonyl (C=O) groups is 2. The van der Waals surface area contributed by atoms with E-state index in [0.717, 1.165) is 0 Å². The number of likely N-dealkylation sites (tertiary alicyclic amines) is 1. The topological polar surface area (TPSA) is 99.1 Å². The SMILES string of the molecule is COc1ccc(C(O)=C2C(=O)C(=O)N(CCNCCO)[C@H]2c2ccccc2F)cc1. The van der Waals surface area contributed by atoms with E-state index in [1.165, 1.54) is 30.2 Å². The summed E-state index contributed by atoms with van der Waals surface area (Å²) in [4.78, 5) is 26.8. The van der Waals surface area contributed by atoms with Crippen LogP contribution in [-0.4, -0.2) is 60.2 Å². The van der Waals surface area contributed by atoms with Crippen LogP contribution in [0.15, 0.2) is 54.1 Å². The summed E-state index contributed by atoms with van der Waals surface area (Å²) in [6.45, 7) is 0.636. The molecule has 8 heteroatoms. The number of amides is 1. The van der Waals surface area contributed by atoms with Gasteiger partial charge in [0.25, 0.3) is 11.7 Å². The van der Waals surface area contributed by atoms with Gasteiger partial charge in [-0.2, -0.15) is 0 Å². The Hall–Kier alpha value is -3.23. The van der Waals surface area contributed by atoms with Crippen LogP contribution < -0.4 is 10.1 Å². The third-order valence-corrected chi connectivity index (χ3v) is 4.92. The van der Waals surface area contributed by atoms with Crippen molar-refractivity contribution in [2.75, 3.05) is 33.4 Å². The fourth-order valence-corrected chi connectivity index (χ4v) is 3.44. The number of Topliss-reactive ketones (excluding diaryl/α,β-unsaturated/α-hetero) is 1. The fourth-order valence-electron chi connectivity index (χ4n) is 3.44. The van der Waals surface area contributed by atoms with Crippen molar-refractivity contribution in [2.45, 2.75) is 6.04 Å². The maximum Gasteiger partial charge on any atom is 0.295 e. The minimum Gasteiger partial charge on any atom is -0.507 e. The van der Waals surface area contributed by atoms with Crippen molar-refractivity contribution < 1.29 is 28.9 Å². The second kappa shape index (κ2) is 9.51. The molecule has 0 aliphatic carbocycles. The molecule has 158 valence electrons. The summed E-state index contributed by atoms with van der Waals surface area (Å²) in [5.41, 5.74) is 0.264. The van der Waals surface area contributed by atoms with Gasteiger partial charge in [0.1, 0.15) is 17.3 Å². The highest BCUT2D eigenvalue weighted by atomic mass is 19.1. The standard InChI is InChI=1S/C22H23FN2O5/c1-30-15-8-6-14(7-9-15)20(27)18-19(16-4-2-3-5-17(16)23)25(22(29)21(18)28)12-10-24-11-13-26/h2-9,19,24,26-27H,10-13H2,1H3/t19-/m0/s1. The molecule has 1 amide bonds. The highest BCUT2D eigenvalue weighted by molar-refractivity contribution is 6.46. The summed E-state index contributed by atoms with van der Waals surface area (Å²) in [5.74, 6) is -2.09. The number of aliphatic hydroxyl groups excluding tert-OH is 2. The molecule has 1 aliphatic heterocycles. The van der Waals surface area contributed by atoms with Crippen LogP contribution in [0.2, 0.25) is 0 Å². The maximum absolute atomic E-state index is 14.6. The van der Waals surface area contributed by atoms with Gasteiger partial charge in [0.05, 0.1) is 25.3 Å². The molecule has 1 fully saturated rings. The van der Waals surface area contributed by atoms with E-state index in [4.69, 9.17) is 9.84 Å². The molecular formula is C22H23FN2O5. The lowest BCUT2D eigenvalue weighted by atomic mass is 9.95. The van der Waals surface area contributed by atoms with Crippen LogP contribution in [0.25, 0.3) is 5.76 Å². The second-order valence-corrected chi connectivity index (χ2v) is 6.72. The van der Waals surface area contributed by atoms with E-state index in [1.807, 2.05) is 0 Å². The number of ether oxygens (including phenoxy) is 1. The third kappa shape index (κ3) is 4.19. The number of benzene rings is 2. The zero-order valence-electron chi connectivity index (χ0n) is 16.5. The van der Waals surface area contributed by atoms with Gasteiger partial charge in [0.2, 0.25) is 0 Å². The van der Waals surface area contributed by atoms with Crippen LogP contribution in [0.5, 0.6) is 5.75 Å². The molecule has 3 N–H and O–H groups in total. The number of carbonyl (C=O) groups excluding carboxylic acids is 2. The normalized spacial score (nSPS) is 18.1. The molecule has 2 aromatic carbocycles. The zero-order valence-corrected chi connectivity index (χ0v) is 16.5. The Morgan fingerprint density at radius 2 is 1.83 bits per heavy atom. The molecule has 1 heterocycles. The molecule has 1 saturated heterocycles. The quantitative estimate of drug-likeness (QED) is 0.264. The van der Waals surface area contributed by atoms with Gasteiger partial charge in [0, 0.05) is 30.8 Å². The van der Waals surface area contributed by atoms with Gasteiger partial charge >= 0.3 is 0 Å². The van der Waals surface area contributed by atoms with Crippen LogP contribution in [0.1, 0.15) is 17.2 Å². The Morgan fingerprint density at radius 3 is 2.47 bits per heavy atom. The van der Waals surface area contributed by atoms with Crippen LogP contribution in [0.4, 0.5) is 4.39 Å². The number of methoxy groups -OCH3 is 1. The molecule has 3 rings (SSSR count). The molecule has 0 aromatic heterocycles. The van der Waals surface area contributed by atoms with Gasteiger partial charge in [-0.25, -0.2) is 4.39 Å². The number of hydrogen-bond donors (Lipinski definition) is 3. The van der Waals surface area contributed by atoms with E-state index in [9.17, 15) is 19.1 Å². The molecule has 2 aromatic rings. The Bertz CT molecular complexity index is 958. The molecule has 0 unspecified atom stereocenters. The first kappa shape index (κ1) is 21.5. The summed E-state index contributed by atoms with van der Waals surface area (Å²) < 4.78 is 19.7. The van der Waals surface area contributed by atoms with Crippen molar-refractivity contribution in [1.29, 1.82) is 0 Å². The monoisotopic (exact) mass is 414 g/mol. The highest BCUT2D eigenvalue weighted by Gasteiger charge is 2.46. The number of hydrogen-bond acceptors (Lipinski definition) is 6. The van der Waals surface area contributed by atoms with E-state index in [-0.39, 0.29) is 30.0 Å². The second-order valence-electron chi connectivity index (χ2n) is 6.72. The Kier molecular flexibility index (Phi) is 6.81. The molecule has 30 heavy (non-hydrogen) atoms. The van der Waals surface area contributed by atoms with E-state index < -0.39 is 23.5 Å². The lowest BCUT2D eigenvalue weighted by molar-refractivity contribution is -0.139. The van der Waals surface area contributed by atoms with Crippen LogP contribution in [-0.2, 0) is 9.59 Å². The minimum atomic E-state index is -1.07. The van der Waals surface area contributed by atoms with E-state index in [0.29, 0.717) is 24.4 Å². The first-order valence-corrected chi connectivity index (χ1v) is 9.48. The number of rotatable bonds is 8. The molecular weight excluding hydrogens is 391 g/mol. The fraction of sp³-hybridized carbons (Fsp3) is 0.273. The minimum absolute atomic E-state index is 0.0764. The smallest absolute Gasteiger partial charge is 0.295 e. The Labute approximate surface area is 173 Å². The highest BCUT2D eigenvalue weighted by Crippen LogP contribution is 2.40. The summed E-state index contributed by atoms with van der Waals surface area (Å²) in [6.07, 6.45) is 0. The lowest BCUT2D eigenvalue weighted by Gasteiger charge is -2.25. The third-order valence-electron chi connectivity index (χ3n) is 4.92. The summed E-state index contributed by atoms with van der Waals surface area (Å²) >= 11 is 0. The van der Waals surface area contributed by atoms with Crippen molar-refractivity contribution in [2.24, 2.45) is 0 Å². The average Bonchev–Trinajstić information content (AvgIpc) is 3.01. The molecule has 7 nitrogen and oxygen atoms in total. The molecule has 0 spiro atoms.